The molecule has 0 saturated heterocycles. The van der Waals surface area contributed by atoms with E-state index in [0.717, 1.165) is 16.5 Å². The lowest BCUT2D eigenvalue weighted by molar-refractivity contribution is -0.120. The lowest BCUT2D eigenvalue weighted by Gasteiger charge is -2.03. The number of nitrogens with one attached hydrogen (secondary N) is 1. The van der Waals surface area contributed by atoms with E-state index in [0.29, 0.717) is 19.5 Å². The number of carbonyl (C=O) groups excluding carboxylic acids is 1. The molecule has 0 spiro atoms. The number of halogens is 2. The van der Waals surface area contributed by atoms with E-state index in [-0.39, 0.29) is 18.3 Å². The van der Waals surface area contributed by atoms with Crippen molar-refractivity contribution in [1.29, 1.82) is 0 Å². The summed E-state index contributed by atoms with van der Waals surface area (Å²) < 4.78 is 1.04. The lowest BCUT2D eigenvalue weighted by atomic mass is 10.1. The van der Waals surface area contributed by atoms with Crippen molar-refractivity contribution in [3.05, 3.63) is 34.3 Å². The average molecular weight is 308 g/mol. The molecular formula is C11H16BrClN2O. The highest BCUT2D eigenvalue weighted by Gasteiger charge is 2.01. The molecule has 0 bridgehead atoms. The van der Waals surface area contributed by atoms with Gasteiger partial charge in [0.05, 0.1) is 0 Å². The molecule has 3 N–H and O–H groups in total. The number of hydrogen-bond donors (Lipinski definition) is 2. The minimum Gasteiger partial charge on any atom is -0.355 e. The fourth-order valence-electron chi connectivity index (χ4n) is 1.25. The third-order valence-corrected chi connectivity index (χ3v) is 2.49. The van der Waals surface area contributed by atoms with Gasteiger partial charge >= 0.3 is 0 Å². The third-order valence-electron chi connectivity index (χ3n) is 2.00. The largest absolute Gasteiger partial charge is 0.355 e. The van der Waals surface area contributed by atoms with Gasteiger partial charge in [0.25, 0.3) is 0 Å². The average Bonchev–Trinajstić information content (AvgIpc) is 2.23. The second-order valence-electron chi connectivity index (χ2n) is 3.27. The van der Waals surface area contributed by atoms with Crippen molar-refractivity contribution in [3.63, 3.8) is 0 Å². The second kappa shape index (κ2) is 8.56. The van der Waals surface area contributed by atoms with Crippen LogP contribution in [-0.4, -0.2) is 19.0 Å². The molecule has 1 aromatic carbocycles. The van der Waals surface area contributed by atoms with Crippen LogP contribution in [0.1, 0.15) is 12.0 Å². The molecule has 0 atom stereocenters. The van der Waals surface area contributed by atoms with E-state index < -0.39 is 0 Å². The number of aryl methyl sites for hydroxylation is 1. The van der Waals surface area contributed by atoms with Crippen molar-refractivity contribution in [3.8, 4) is 0 Å². The highest BCUT2D eigenvalue weighted by Crippen LogP contribution is 2.12. The van der Waals surface area contributed by atoms with Gasteiger partial charge in [0.2, 0.25) is 5.91 Å². The highest BCUT2D eigenvalue weighted by molar-refractivity contribution is 9.10. The summed E-state index contributed by atoms with van der Waals surface area (Å²) in [5.41, 5.74) is 6.44. The van der Waals surface area contributed by atoms with Crippen LogP contribution in [0.2, 0.25) is 0 Å². The Morgan fingerprint density at radius 2 is 2.19 bits per heavy atom. The van der Waals surface area contributed by atoms with Crippen LogP contribution < -0.4 is 11.1 Å². The number of carbonyl (C=O) groups is 1. The molecule has 1 rings (SSSR count). The summed E-state index contributed by atoms with van der Waals surface area (Å²) >= 11 is 3.39. The van der Waals surface area contributed by atoms with Crippen molar-refractivity contribution in [2.75, 3.05) is 13.1 Å². The first kappa shape index (κ1) is 15.4. The molecule has 0 radical (unpaired) electrons. The Morgan fingerprint density at radius 1 is 1.44 bits per heavy atom. The van der Waals surface area contributed by atoms with Crippen molar-refractivity contribution in [1.82, 2.24) is 5.32 Å². The smallest absolute Gasteiger partial charge is 0.220 e. The second-order valence-corrected chi connectivity index (χ2v) is 4.18. The fraction of sp³-hybridized carbons (Fsp3) is 0.364. The third kappa shape index (κ3) is 6.10. The summed E-state index contributed by atoms with van der Waals surface area (Å²) in [5, 5.41) is 2.74. The monoisotopic (exact) mass is 306 g/mol. The van der Waals surface area contributed by atoms with Crippen LogP contribution in [0, 0.1) is 0 Å². The highest BCUT2D eigenvalue weighted by atomic mass is 79.9. The zero-order valence-electron chi connectivity index (χ0n) is 8.91. The molecule has 0 heterocycles. The predicted octanol–water partition coefficient (Wildman–Crippen LogP) is 1.88. The molecule has 3 nitrogen and oxygen atoms in total. The Kier molecular flexibility index (Phi) is 8.25. The zero-order valence-corrected chi connectivity index (χ0v) is 11.3. The Labute approximate surface area is 110 Å². The summed E-state index contributed by atoms with van der Waals surface area (Å²) in [5.74, 6) is 0.0559. The normalized spacial score (nSPS) is 9.38. The molecule has 0 unspecified atom stereocenters. The number of rotatable bonds is 5. The topological polar surface area (TPSA) is 55.1 Å². The minimum atomic E-state index is 0. The van der Waals surface area contributed by atoms with Crippen LogP contribution in [0.15, 0.2) is 28.7 Å². The number of amides is 1. The quantitative estimate of drug-likeness (QED) is 0.872. The van der Waals surface area contributed by atoms with Crippen molar-refractivity contribution in [2.24, 2.45) is 5.73 Å². The molecule has 0 aliphatic carbocycles. The molecule has 1 amide bonds. The van der Waals surface area contributed by atoms with Crippen LogP contribution in [0.5, 0.6) is 0 Å². The molecule has 90 valence electrons. The molecule has 0 aliphatic rings. The van der Waals surface area contributed by atoms with Crippen molar-refractivity contribution >= 4 is 34.2 Å². The van der Waals surface area contributed by atoms with E-state index in [1.165, 1.54) is 0 Å². The molecule has 0 aromatic heterocycles. The summed E-state index contributed by atoms with van der Waals surface area (Å²) in [6.07, 6.45) is 1.27. The predicted molar refractivity (Wildman–Crippen MR) is 71.8 cm³/mol. The van der Waals surface area contributed by atoms with Gasteiger partial charge in [0.15, 0.2) is 0 Å². The molecular weight excluding hydrogens is 291 g/mol. The van der Waals surface area contributed by atoms with E-state index in [9.17, 15) is 4.79 Å². The van der Waals surface area contributed by atoms with Gasteiger partial charge in [-0.05, 0) is 24.1 Å². The Hall–Kier alpha value is -0.580. The Morgan fingerprint density at radius 3 is 2.81 bits per heavy atom. The van der Waals surface area contributed by atoms with Gasteiger partial charge in [-0.25, -0.2) is 0 Å². The SMILES string of the molecule is Cl.NCCNC(=O)CCc1cccc(Br)c1. The van der Waals surface area contributed by atoms with Gasteiger partial charge in [-0.2, -0.15) is 0 Å². The van der Waals surface area contributed by atoms with Gasteiger partial charge in [0.1, 0.15) is 0 Å². The maximum atomic E-state index is 11.3. The summed E-state index contributed by atoms with van der Waals surface area (Å²) in [7, 11) is 0. The number of benzene rings is 1. The molecule has 16 heavy (non-hydrogen) atoms. The minimum absolute atomic E-state index is 0. The van der Waals surface area contributed by atoms with Crippen LogP contribution in [-0.2, 0) is 11.2 Å². The van der Waals surface area contributed by atoms with E-state index in [1.807, 2.05) is 24.3 Å². The van der Waals surface area contributed by atoms with Crippen molar-refractivity contribution < 1.29 is 4.79 Å². The number of nitrogens with two attached hydrogens (primary N) is 1. The zero-order chi connectivity index (χ0) is 11.1. The van der Waals surface area contributed by atoms with Crippen molar-refractivity contribution in [2.45, 2.75) is 12.8 Å². The number of hydrogen-bond acceptors (Lipinski definition) is 2. The molecule has 0 aliphatic heterocycles. The van der Waals surface area contributed by atoms with E-state index >= 15 is 0 Å². The molecule has 5 heteroatoms. The maximum absolute atomic E-state index is 11.3. The van der Waals surface area contributed by atoms with Gasteiger partial charge in [0, 0.05) is 24.0 Å². The maximum Gasteiger partial charge on any atom is 0.220 e. The van der Waals surface area contributed by atoms with E-state index in [2.05, 4.69) is 21.2 Å². The van der Waals surface area contributed by atoms with Crippen LogP contribution >= 0.6 is 28.3 Å². The van der Waals surface area contributed by atoms with Gasteiger partial charge in [-0.15, -0.1) is 12.4 Å². The van der Waals surface area contributed by atoms with E-state index in [4.69, 9.17) is 5.73 Å². The first-order chi connectivity index (χ1) is 7.22. The van der Waals surface area contributed by atoms with Crippen LogP contribution in [0.4, 0.5) is 0 Å². The Bertz CT molecular complexity index is 334. The molecule has 0 fully saturated rings. The van der Waals surface area contributed by atoms with E-state index in [1.54, 1.807) is 0 Å². The standard InChI is InChI=1S/C11H15BrN2O.ClH/c12-10-3-1-2-9(8-10)4-5-11(15)14-7-6-13;/h1-3,8H,4-7,13H2,(H,14,15);1H. The first-order valence-electron chi connectivity index (χ1n) is 4.93. The van der Waals surface area contributed by atoms with Gasteiger partial charge in [-0.3, -0.25) is 4.79 Å². The first-order valence-corrected chi connectivity index (χ1v) is 5.73. The summed E-state index contributed by atoms with van der Waals surface area (Å²) in [6.45, 7) is 1.04. The summed E-state index contributed by atoms with van der Waals surface area (Å²) in [6, 6.07) is 7.98. The fourth-order valence-corrected chi connectivity index (χ4v) is 1.70. The Balaban J connectivity index is 0.00000225. The van der Waals surface area contributed by atoms with Gasteiger partial charge < -0.3 is 11.1 Å². The van der Waals surface area contributed by atoms with Crippen LogP contribution in [0.3, 0.4) is 0 Å². The molecule has 0 saturated carbocycles. The van der Waals surface area contributed by atoms with Crippen LogP contribution in [0.25, 0.3) is 0 Å². The summed E-state index contributed by atoms with van der Waals surface area (Å²) in [4.78, 5) is 11.3. The lowest BCUT2D eigenvalue weighted by Crippen LogP contribution is -2.29. The van der Waals surface area contributed by atoms with Gasteiger partial charge in [-0.1, -0.05) is 28.1 Å². The molecule has 1 aromatic rings.